The number of aryl methyl sites for hydroxylation is 2. The quantitative estimate of drug-likeness (QED) is 0.508. The molecule has 0 saturated heterocycles. The lowest BCUT2D eigenvalue weighted by molar-refractivity contribution is 0.0590. The topological polar surface area (TPSA) is 89.8 Å². The van der Waals surface area contributed by atoms with Gasteiger partial charge in [-0.05, 0) is 25.1 Å². The number of rotatable bonds is 5. The maximum Gasteiger partial charge on any atom is 0.354 e. The molecule has 8 heteroatoms. The molecule has 1 N–H and O–H groups in total. The number of nitrogens with one attached hydrogen (secondary N) is 1. The van der Waals surface area contributed by atoms with Crippen molar-refractivity contribution in [2.75, 3.05) is 7.11 Å². The molecule has 2 aromatic rings. The van der Waals surface area contributed by atoms with Crippen LogP contribution in [0.3, 0.4) is 0 Å². The van der Waals surface area contributed by atoms with Crippen LogP contribution in [0.4, 0.5) is 0 Å². The molecule has 23 heavy (non-hydrogen) atoms. The van der Waals surface area contributed by atoms with Crippen molar-refractivity contribution in [3.8, 4) is 0 Å². The van der Waals surface area contributed by atoms with Crippen molar-refractivity contribution >= 4 is 22.2 Å². The number of methoxy groups -OCH3 is 1. The van der Waals surface area contributed by atoms with Crippen LogP contribution in [-0.2, 0) is 21.8 Å². The van der Waals surface area contributed by atoms with E-state index in [0.717, 1.165) is 5.56 Å². The summed E-state index contributed by atoms with van der Waals surface area (Å²) in [6.45, 7) is 1.87. The van der Waals surface area contributed by atoms with E-state index in [1.54, 1.807) is 36.0 Å². The molecule has 122 valence electrons. The Bertz CT molecular complexity index is 836. The first-order valence-electron chi connectivity index (χ1n) is 6.69. The minimum absolute atomic E-state index is 0.128. The van der Waals surface area contributed by atoms with Crippen LogP contribution in [-0.4, -0.2) is 32.3 Å². The van der Waals surface area contributed by atoms with Crippen LogP contribution < -0.4 is 4.83 Å². The van der Waals surface area contributed by atoms with E-state index in [-0.39, 0.29) is 4.90 Å². The van der Waals surface area contributed by atoms with Crippen LogP contribution in [0.15, 0.2) is 46.5 Å². The summed E-state index contributed by atoms with van der Waals surface area (Å²) < 4.78 is 30.3. The smallest absolute Gasteiger partial charge is 0.354 e. The Labute approximate surface area is 134 Å². The molecule has 0 fully saturated rings. The SMILES string of the molecule is COC(=O)c1cc(/C=N/NS(=O)(=O)c2ccc(C)cc2)cn1C. The van der Waals surface area contributed by atoms with E-state index in [0.29, 0.717) is 11.3 Å². The minimum Gasteiger partial charge on any atom is -0.464 e. The number of sulfonamides is 1. The molecule has 0 saturated carbocycles. The van der Waals surface area contributed by atoms with Gasteiger partial charge < -0.3 is 9.30 Å². The van der Waals surface area contributed by atoms with Crippen molar-refractivity contribution in [2.24, 2.45) is 12.1 Å². The van der Waals surface area contributed by atoms with Crippen molar-refractivity contribution in [3.05, 3.63) is 53.3 Å². The summed E-state index contributed by atoms with van der Waals surface area (Å²) >= 11 is 0. The number of hydrazone groups is 1. The van der Waals surface area contributed by atoms with Crippen LogP contribution in [0.5, 0.6) is 0 Å². The zero-order chi connectivity index (χ0) is 17.0. The van der Waals surface area contributed by atoms with E-state index < -0.39 is 16.0 Å². The minimum atomic E-state index is -3.72. The van der Waals surface area contributed by atoms with Gasteiger partial charge in [0.25, 0.3) is 10.0 Å². The number of ether oxygens (including phenoxy) is 1. The molecule has 0 unspecified atom stereocenters. The van der Waals surface area contributed by atoms with Gasteiger partial charge in [-0.2, -0.15) is 13.5 Å². The van der Waals surface area contributed by atoms with E-state index in [1.807, 2.05) is 6.92 Å². The van der Waals surface area contributed by atoms with Crippen molar-refractivity contribution < 1.29 is 17.9 Å². The molecular formula is C15H17N3O4S. The molecule has 0 radical (unpaired) electrons. The first-order valence-corrected chi connectivity index (χ1v) is 8.18. The van der Waals surface area contributed by atoms with Crippen molar-refractivity contribution in [1.29, 1.82) is 0 Å². The third-order valence-corrected chi connectivity index (χ3v) is 4.38. The van der Waals surface area contributed by atoms with Crippen molar-refractivity contribution in [1.82, 2.24) is 9.40 Å². The molecule has 0 atom stereocenters. The third-order valence-electron chi connectivity index (χ3n) is 3.14. The van der Waals surface area contributed by atoms with Crippen molar-refractivity contribution in [2.45, 2.75) is 11.8 Å². The predicted octanol–water partition coefficient (Wildman–Crippen LogP) is 1.43. The maximum absolute atomic E-state index is 12.1. The number of esters is 1. The largest absolute Gasteiger partial charge is 0.464 e. The standard InChI is InChI=1S/C15H17N3O4S/c1-11-4-6-13(7-5-11)23(20,21)17-16-9-12-8-14(15(19)22-3)18(2)10-12/h4-10,17H,1-3H3/b16-9+. The van der Waals surface area contributed by atoms with Gasteiger partial charge in [0, 0.05) is 18.8 Å². The fourth-order valence-corrected chi connectivity index (χ4v) is 2.70. The van der Waals surface area contributed by atoms with Crippen LogP contribution in [0.25, 0.3) is 0 Å². The van der Waals surface area contributed by atoms with Gasteiger partial charge >= 0.3 is 5.97 Å². The molecule has 2 rings (SSSR count). The monoisotopic (exact) mass is 335 g/mol. The van der Waals surface area contributed by atoms with Gasteiger partial charge in [0.2, 0.25) is 0 Å². The van der Waals surface area contributed by atoms with Gasteiger partial charge in [-0.15, -0.1) is 0 Å². The highest BCUT2D eigenvalue weighted by Gasteiger charge is 2.13. The average molecular weight is 335 g/mol. The summed E-state index contributed by atoms with van der Waals surface area (Å²) in [6, 6.07) is 7.97. The Balaban J connectivity index is 2.12. The molecule has 1 aromatic heterocycles. The van der Waals surface area contributed by atoms with Crippen molar-refractivity contribution in [3.63, 3.8) is 0 Å². The number of carbonyl (C=O) groups excluding carboxylic acids is 1. The van der Waals surface area contributed by atoms with Gasteiger partial charge in [0.05, 0.1) is 18.2 Å². The number of benzene rings is 1. The summed E-state index contributed by atoms with van der Waals surface area (Å²) in [5, 5.41) is 3.72. The highest BCUT2D eigenvalue weighted by Crippen LogP contribution is 2.10. The molecule has 0 bridgehead atoms. The Morgan fingerprint density at radius 3 is 2.57 bits per heavy atom. The highest BCUT2D eigenvalue weighted by atomic mass is 32.2. The van der Waals surface area contributed by atoms with Crippen LogP contribution in [0, 0.1) is 6.92 Å². The molecule has 0 aliphatic carbocycles. The number of nitrogens with zero attached hydrogens (tertiary/aromatic N) is 2. The van der Waals surface area contributed by atoms with E-state index >= 15 is 0 Å². The second kappa shape index (κ2) is 6.66. The zero-order valence-corrected chi connectivity index (χ0v) is 13.8. The fourth-order valence-electron chi connectivity index (χ4n) is 1.91. The molecule has 1 heterocycles. The number of hydrogen-bond acceptors (Lipinski definition) is 5. The summed E-state index contributed by atoms with van der Waals surface area (Å²) in [5.41, 5.74) is 1.88. The number of carbonyl (C=O) groups is 1. The summed E-state index contributed by atoms with van der Waals surface area (Å²) in [6.07, 6.45) is 2.95. The van der Waals surface area contributed by atoms with E-state index in [9.17, 15) is 13.2 Å². The van der Waals surface area contributed by atoms with E-state index in [2.05, 4.69) is 14.7 Å². The van der Waals surface area contributed by atoms with Gasteiger partial charge in [-0.25, -0.2) is 9.63 Å². The van der Waals surface area contributed by atoms with Gasteiger partial charge in [-0.3, -0.25) is 0 Å². The molecular weight excluding hydrogens is 318 g/mol. The van der Waals surface area contributed by atoms with E-state index in [4.69, 9.17) is 0 Å². The third kappa shape index (κ3) is 3.98. The Hall–Kier alpha value is -2.61. The Kier molecular flexibility index (Phi) is 4.85. The molecule has 0 spiro atoms. The number of aromatic nitrogens is 1. The number of hydrogen-bond donors (Lipinski definition) is 1. The molecule has 1 aromatic carbocycles. The molecule has 0 aliphatic heterocycles. The maximum atomic E-state index is 12.1. The van der Waals surface area contributed by atoms with Crippen LogP contribution >= 0.6 is 0 Å². The molecule has 0 amide bonds. The summed E-state index contributed by atoms with van der Waals surface area (Å²) in [4.78, 5) is 13.8. The highest BCUT2D eigenvalue weighted by molar-refractivity contribution is 7.89. The zero-order valence-electron chi connectivity index (χ0n) is 13.0. The van der Waals surface area contributed by atoms with E-state index in [1.165, 1.54) is 25.5 Å². The Morgan fingerprint density at radius 1 is 1.30 bits per heavy atom. The van der Waals surface area contributed by atoms with Crippen LogP contribution in [0.1, 0.15) is 21.6 Å². The second-order valence-electron chi connectivity index (χ2n) is 4.93. The summed E-state index contributed by atoms with van der Waals surface area (Å²) in [7, 11) is -0.747. The lowest BCUT2D eigenvalue weighted by atomic mass is 10.2. The molecule has 7 nitrogen and oxygen atoms in total. The Morgan fingerprint density at radius 2 is 1.96 bits per heavy atom. The fraction of sp³-hybridized carbons (Fsp3) is 0.200. The summed E-state index contributed by atoms with van der Waals surface area (Å²) in [5.74, 6) is -0.479. The lowest BCUT2D eigenvalue weighted by Crippen LogP contribution is -2.18. The predicted molar refractivity (Wildman–Crippen MR) is 85.8 cm³/mol. The van der Waals surface area contributed by atoms with Gasteiger partial charge in [-0.1, -0.05) is 17.7 Å². The molecule has 0 aliphatic rings. The van der Waals surface area contributed by atoms with Gasteiger partial charge in [0.15, 0.2) is 0 Å². The lowest BCUT2D eigenvalue weighted by Gasteiger charge is -2.03. The average Bonchev–Trinajstić information content (AvgIpc) is 2.87. The van der Waals surface area contributed by atoms with Crippen LogP contribution in [0.2, 0.25) is 0 Å². The second-order valence-corrected chi connectivity index (χ2v) is 6.59. The van der Waals surface area contributed by atoms with Gasteiger partial charge in [0.1, 0.15) is 5.69 Å². The normalized spacial score (nSPS) is 11.6. The first-order chi connectivity index (χ1) is 10.8. The first kappa shape index (κ1) is 16.8.